The molecule has 0 saturated heterocycles. The SMILES string of the molecule is CNc1c(C)cccc1Cl.Cc1ncc(C=O)n1C. The number of aldehydes is 1. The van der Waals surface area contributed by atoms with E-state index < -0.39 is 0 Å². The number of rotatable bonds is 2. The minimum atomic E-state index is 0.618. The molecule has 5 heteroatoms. The molecule has 1 aromatic heterocycles. The largest absolute Gasteiger partial charge is 0.387 e. The summed E-state index contributed by atoms with van der Waals surface area (Å²) in [6.45, 7) is 3.88. The van der Waals surface area contributed by atoms with Crippen LogP contribution in [0.3, 0.4) is 0 Å². The molecule has 102 valence electrons. The van der Waals surface area contributed by atoms with Crippen LogP contribution in [-0.2, 0) is 7.05 Å². The summed E-state index contributed by atoms with van der Waals surface area (Å²) in [5.41, 5.74) is 2.81. The number of nitrogens with zero attached hydrogens (tertiary/aromatic N) is 2. The van der Waals surface area contributed by atoms with Gasteiger partial charge in [-0.15, -0.1) is 0 Å². The molecule has 19 heavy (non-hydrogen) atoms. The van der Waals surface area contributed by atoms with E-state index in [1.807, 2.05) is 46.1 Å². The highest BCUT2D eigenvalue weighted by Crippen LogP contribution is 2.23. The van der Waals surface area contributed by atoms with E-state index in [0.717, 1.165) is 22.8 Å². The molecule has 1 N–H and O–H groups in total. The molecule has 0 spiro atoms. The van der Waals surface area contributed by atoms with Crippen LogP contribution in [0, 0.1) is 13.8 Å². The Balaban J connectivity index is 0.000000191. The Bertz CT molecular complexity index is 544. The molecular formula is C14H18ClN3O. The first-order valence-electron chi connectivity index (χ1n) is 5.87. The Kier molecular flexibility index (Phi) is 5.57. The first-order chi connectivity index (χ1) is 9.01. The number of imidazole rings is 1. The van der Waals surface area contributed by atoms with Crippen LogP contribution in [0.5, 0.6) is 0 Å². The first kappa shape index (κ1) is 15.2. The van der Waals surface area contributed by atoms with Crippen LogP contribution in [0.1, 0.15) is 21.9 Å². The fourth-order valence-electron chi connectivity index (χ4n) is 1.58. The fraction of sp³-hybridized carbons (Fsp3) is 0.286. The number of nitrogens with one attached hydrogen (secondary N) is 1. The van der Waals surface area contributed by atoms with Crippen molar-refractivity contribution in [2.75, 3.05) is 12.4 Å². The van der Waals surface area contributed by atoms with Crippen LogP contribution in [0.15, 0.2) is 24.4 Å². The summed E-state index contributed by atoms with van der Waals surface area (Å²) in [6.07, 6.45) is 2.35. The summed E-state index contributed by atoms with van der Waals surface area (Å²) in [5.74, 6) is 0.858. The predicted molar refractivity (Wildman–Crippen MR) is 79.1 cm³/mol. The highest BCUT2D eigenvalue weighted by Gasteiger charge is 1.98. The van der Waals surface area contributed by atoms with Crippen molar-refractivity contribution >= 4 is 23.6 Å². The molecule has 1 heterocycles. The molecule has 0 atom stereocenters. The van der Waals surface area contributed by atoms with Crippen molar-refractivity contribution in [1.29, 1.82) is 0 Å². The molecule has 0 aliphatic rings. The van der Waals surface area contributed by atoms with Crippen LogP contribution >= 0.6 is 11.6 Å². The maximum Gasteiger partial charge on any atom is 0.168 e. The Labute approximate surface area is 118 Å². The van der Waals surface area contributed by atoms with E-state index in [-0.39, 0.29) is 0 Å². The summed E-state index contributed by atoms with van der Waals surface area (Å²) >= 11 is 5.87. The topological polar surface area (TPSA) is 46.9 Å². The van der Waals surface area contributed by atoms with Gasteiger partial charge in [-0.25, -0.2) is 4.98 Å². The van der Waals surface area contributed by atoms with Crippen LogP contribution < -0.4 is 5.32 Å². The number of anilines is 1. The number of benzene rings is 1. The summed E-state index contributed by atoms with van der Waals surface area (Å²) in [7, 11) is 3.68. The van der Waals surface area contributed by atoms with Gasteiger partial charge in [0.2, 0.25) is 0 Å². The summed E-state index contributed by atoms with van der Waals surface area (Å²) in [5, 5.41) is 3.81. The van der Waals surface area contributed by atoms with E-state index in [9.17, 15) is 4.79 Å². The molecule has 0 radical (unpaired) electrons. The standard InChI is InChI=1S/C8H10ClN.C6H8N2O/c1-6-4-3-5-7(9)8(6)10-2;1-5-7-3-6(4-9)8(5)2/h3-5,10H,1-2H3;3-4H,1-2H3. The monoisotopic (exact) mass is 279 g/mol. The molecule has 0 amide bonds. The van der Waals surface area contributed by atoms with Gasteiger partial charge in [0, 0.05) is 14.1 Å². The zero-order valence-electron chi connectivity index (χ0n) is 11.6. The third kappa shape index (κ3) is 3.83. The molecule has 0 saturated carbocycles. The second-order valence-electron chi connectivity index (χ2n) is 4.09. The number of para-hydroxylation sites is 1. The Morgan fingerprint density at radius 1 is 1.37 bits per heavy atom. The molecule has 0 fully saturated rings. The van der Waals surface area contributed by atoms with E-state index in [1.165, 1.54) is 5.56 Å². The van der Waals surface area contributed by atoms with Gasteiger partial charge in [0.1, 0.15) is 11.5 Å². The van der Waals surface area contributed by atoms with Gasteiger partial charge in [0.25, 0.3) is 0 Å². The van der Waals surface area contributed by atoms with Crippen molar-refractivity contribution in [3.05, 3.63) is 46.5 Å². The Morgan fingerprint density at radius 2 is 2.05 bits per heavy atom. The Morgan fingerprint density at radius 3 is 2.37 bits per heavy atom. The number of carbonyl (C=O) groups excluding carboxylic acids is 1. The molecule has 0 aliphatic heterocycles. The molecular weight excluding hydrogens is 262 g/mol. The summed E-state index contributed by atoms with van der Waals surface area (Å²) in [6, 6.07) is 5.84. The van der Waals surface area contributed by atoms with Crippen LogP contribution in [0.25, 0.3) is 0 Å². The number of hydrogen-bond acceptors (Lipinski definition) is 3. The third-order valence-electron chi connectivity index (χ3n) is 2.85. The Hall–Kier alpha value is -1.81. The average molecular weight is 280 g/mol. The van der Waals surface area contributed by atoms with Crippen LogP contribution in [-0.4, -0.2) is 22.9 Å². The number of aryl methyl sites for hydroxylation is 2. The number of halogens is 1. The molecule has 0 aliphatic carbocycles. The van der Waals surface area contributed by atoms with Gasteiger partial charge in [-0.1, -0.05) is 23.7 Å². The fourth-order valence-corrected chi connectivity index (χ4v) is 1.89. The zero-order chi connectivity index (χ0) is 14.4. The molecule has 2 aromatic rings. The van der Waals surface area contributed by atoms with Gasteiger partial charge in [-0.3, -0.25) is 4.79 Å². The van der Waals surface area contributed by atoms with E-state index in [1.54, 1.807) is 10.8 Å². The van der Waals surface area contributed by atoms with Crippen LogP contribution in [0.4, 0.5) is 5.69 Å². The second kappa shape index (κ2) is 6.95. The second-order valence-corrected chi connectivity index (χ2v) is 4.50. The van der Waals surface area contributed by atoms with Gasteiger partial charge >= 0.3 is 0 Å². The maximum atomic E-state index is 10.2. The van der Waals surface area contributed by atoms with Gasteiger partial charge in [0.05, 0.1) is 16.9 Å². The third-order valence-corrected chi connectivity index (χ3v) is 3.16. The van der Waals surface area contributed by atoms with Crippen molar-refractivity contribution in [3.8, 4) is 0 Å². The predicted octanol–water partition coefficient (Wildman–Crippen LogP) is 3.23. The summed E-state index contributed by atoms with van der Waals surface area (Å²) in [4.78, 5) is 14.1. The van der Waals surface area contributed by atoms with Gasteiger partial charge in [0.15, 0.2) is 6.29 Å². The van der Waals surface area contributed by atoms with E-state index in [2.05, 4.69) is 10.3 Å². The van der Waals surface area contributed by atoms with Gasteiger partial charge in [-0.2, -0.15) is 0 Å². The lowest BCUT2D eigenvalue weighted by Crippen LogP contribution is -1.95. The smallest absolute Gasteiger partial charge is 0.168 e. The van der Waals surface area contributed by atoms with Gasteiger partial charge < -0.3 is 9.88 Å². The van der Waals surface area contributed by atoms with Crippen LogP contribution in [0.2, 0.25) is 5.02 Å². The molecule has 4 nitrogen and oxygen atoms in total. The number of aromatic nitrogens is 2. The molecule has 1 aromatic carbocycles. The lowest BCUT2D eigenvalue weighted by molar-refractivity contribution is 0.111. The maximum absolute atomic E-state index is 10.2. The molecule has 2 rings (SSSR count). The van der Waals surface area contributed by atoms with E-state index in [4.69, 9.17) is 11.6 Å². The molecule has 0 bridgehead atoms. The lowest BCUT2D eigenvalue weighted by atomic mass is 10.2. The number of hydrogen-bond donors (Lipinski definition) is 1. The first-order valence-corrected chi connectivity index (χ1v) is 6.25. The van der Waals surface area contributed by atoms with Crippen molar-refractivity contribution in [2.45, 2.75) is 13.8 Å². The van der Waals surface area contributed by atoms with Crippen molar-refractivity contribution in [1.82, 2.24) is 9.55 Å². The molecule has 0 unspecified atom stereocenters. The van der Waals surface area contributed by atoms with Gasteiger partial charge in [-0.05, 0) is 25.5 Å². The lowest BCUT2D eigenvalue weighted by Gasteiger charge is -2.05. The zero-order valence-corrected chi connectivity index (χ0v) is 12.3. The van der Waals surface area contributed by atoms with E-state index in [0.29, 0.717) is 5.69 Å². The minimum Gasteiger partial charge on any atom is -0.387 e. The highest BCUT2D eigenvalue weighted by molar-refractivity contribution is 6.33. The summed E-state index contributed by atoms with van der Waals surface area (Å²) < 4.78 is 1.74. The number of carbonyl (C=O) groups is 1. The van der Waals surface area contributed by atoms with Crippen molar-refractivity contribution in [3.63, 3.8) is 0 Å². The quantitative estimate of drug-likeness (QED) is 0.859. The van der Waals surface area contributed by atoms with Crippen molar-refractivity contribution < 1.29 is 4.79 Å². The normalized spacial score (nSPS) is 9.53. The van der Waals surface area contributed by atoms with E-state index >= 15 is 0 Å². The highest BCUT2D eigenvalue weighted by atomic mass is 35.5. The minimum absolute atomic E-state index is 0.618. The van der Waals surface area contributed by atoms with Crippen molar-refractivity contribution in [2.24, 2.45) is 7.05 Å². The average Bonchev–Trinajstić information content (AvgIpc) is 2.71.